The first-order valence-electron chi connectivity index (χ1n) is 6.45. The summed E-state index contributed by atoms with van der Waals surface area (Å²) in [5.41, 5.74) is 2.33. The van der Waals surface area contributed by atoms with Gasteiger partial charge in [-0.05, 0) is 31.0 Å². The minimum atomic E-state index is 0.390. The highest BCUT2D eigenvalue weighted by Gasteiger charge is 2.03. The van der Waals surface area contributed by atoms with Crippen LogP contribution in [0.4, 0.5) is 5.69 Å². The van der Waals surface area contributed by atoms with Crippen LogP contribution in [0, 0.1) is 0 Å². The maximum atomic E-state index is 5.09. The molecule has 1 aromatic heterocycles. The summed E-state index contributed by atoms with van der Waals surface area (Å²) in [7, 11) is 1.73. The maximum absolute atomic E-state index is 5.09. The number of ether oxygens (including phenoxy) is 1. The number of nitrogens with one attached hydrogen (secondary N) is 1. The number of aromatic nitrogens is 3. The first-order chi connectivity index (χ1) is 9.28. The summed E-state index contributed by atoms with van der Waals surface area (Å²) in [4.78, 5) is 3.95. The molecule has 19 heavy (non-hydrogen) atoms. The molecule has 0 aliphatic rings. The number of nitrogens with zero attached hydrogens (tertiary/aromatic N) is 3. The lowest BCUT2D eigenvalue weighted by Gasteiger charge is -2.15. The molecule has 0 spiro atoms. The van der Waals surface area contributed by atoms with E-state index in [1.807, 2.05) is 4.68 Å². The van der Waals surface area contributed by atoms with Gasteiger partial charge in [0.05, 0.1) is 6.54 Å². The van der Waals surface area contributed by atoms with Crippen LogP contribution in [0.25, 0.3) is 0 Å². The molecule has 0 aliphatic heterocycles. The second kappa shape index (κ2) is 6.89. The third-order valence-electron chi connectivity index (χ3n) is 2.91. The van der Waals surface area contributed by atoms with E-state index in [9.17, 15) is 0 Å². The predicted molar refractivity (Wildman–Crippen MR) is 75.1 cm³/mol. The lowest BCUT2D eigenvalue weighted by Crippen LogP contribution is -2.17. The van der Waals surface area contributed by atoms with E-state index in [2.05, 4.69) is 46.6 Å². The SMILES string of the molecule is COCCC(C)Nc1cccc(Cn2cncn2)c1. The minimum Gasteiger partial charge on any atom is -0.385 e. The lowest BCUT2D eigenvalue weighted by molar-refractivity contribution is 0.191. The van der Waals surface area contributed by atoms with E-state index in [4.69, 9.17) is 4.74 Å². The zero-order valence-corrected chi connectivity index (χ0v) is 11.4. The molecule has 2 aromatic rings. The van der Waals surface area contributed by atoms with Crippen molar-refractivity contribution in [2.75, 3.05) is 19.0 Å². The average Bonchev–Trinajstić information content (AvgIpc) is 2.89. The van der Waals surface area contributed by atoms with Crippen LogP contribution in [0.3, 0.4) is 0 Å². The van der Waals surface area contributed by atoms with E-state index in [1.165, 1.54) is 5.56 Å². The van der Waals surface area contributed by atoms with E-state index in [0.717, 1.165) is 25.3 Å². The summed E-state index contributed by atoms with van der Waals surface area (Å²) >= 11 is 0. The van der Waals surface area contributed by atoms with Crippen LogP contribution in [0.2, 0.25) is 0 Å². The number of rotatable bonds is 7. The van der Waals surface area contributed by atoms with Crippen molar-refractivity contribution >= 4 is 5.69 Å². The van der Waals surface area contributed by atoms with E-state index < -0.39 is 0 Å². The van der Waals surface area contributed by atoms with Crippen molar-refractivity contribution in [3.05, 3.63) is 42.5 Å². The normalized spacial score (nSPS) is 12.3. The van der Waals surface area contributed by atoms with Crippen molar-refractivity contribution in [1.82, 2.24) is 14.8 Å². The zero-order chi connectivity index (χ0) is 13.5. The van der Waals surface area contributed by atoms with Gasteiger partial charge in [0.2, 0.25) is 0 Å². The predicted octanol–water partition coefficient (Wildman–Crippen LogP) is 2.16. The van der Waals surface area contributed by atoms with Crippen LogP contribution < -0.4 is 5.32 Å². The van der Waals surface area contributed by atoms with E-state index in [0.29, 0.717) is 6.04 Å². The summed E-state index contributed by atoms with van der Waals surface area (Å²) in [5, 5.41) is 7.58. The van der Waals surface area contributed by atoms with Crippen molar-refractivity contribution in [2.45, 2.75) is 25.9 Å². The van der Waals surface area contributed by atoms with Gasteiger partial charge >= 0.3 is 0 Å². The molecule has 1 N–H and O–H groups in total. The fourth-order valence-corrected chi connectivity index (χ4v) is 1.91. The topological polar surface area (TPSA) is 52.0 Å². The van der Waals surface area contributed by atoms with Crippen molar-refractivity contribution in [1.29, 1.82) is 0 Å². The summed E-state index contributed by atoms with van der Waals surface area (Å²) < 4.78 is 6.90. The quantitative estimate of drug-likeness (QED) is 0.829. The van der Waals surface area contributed by atoms with Crippen LogP contribution >= 0.6 is 0 Å². The highest BCUT2D eigenvalue weighted by atomic mass is 16.5. The fourth-order valence-electron chi connectivity index (χ4n) is 1.91. The number of hydrogen-bond donors (Lipinski definition) is 1. The fraction of sp³-hybridized carbons (Fsp3) is 0.429. The van der Waals surface area contributed by atoms with Gasteiger partial charge < -0.3 is 10.1 Å². The van der Waals surface area contributed by atoms with Crippen LogP contribution in [0.15, 0.2) is 36.9 Å². The second-order valence-corrected chi connectivity index (χ2v) is 4.62. The first kappa shape index (κ1) is 13.5. The van der Waals surface area contributed by atoms with Crippen molar-refractivity contribution in [2.24, 2.45) is 0 Å². The second-order valence-electron chi connectivity index (χ2n) is 4.62. The molecule has 1 heterocycles. The Labute approximate surface area is 113 Å². The first-order valence-corrected chi connectivity index (χ1v) is 6.45. The van der Waals surface area contributed by atoms with Gasteiger partial charge in [0.25, 0.3) is 0 Å². The van der Waals surface area contributed by atoms with Gasteiger partial charge in [-0.2, -0.15) is 5.10 Å². The molecule has 1 atom stereocenters. The maximum Gasteiger partial charge on any atom is 0.137 e. The molecule has 5 heteroatoms. The molecule has 0 bridgehead atoms. The van der Waals surface area contributed by atoms with Gasteiger partial charge in [0.1, 0.15) is 12.7 Å². The third kappa shape index (κ3) is 4.37. The minimum absolute atomic E-state index is 0.390. The summed E-state index contributed by atoms with van der Waals surface area (Å²) in [6.07, 6.45) is 4.26. The Morgan fingerprint density at radius 1 is 1.42 bits per heavy atom. The Bertz CT molecular complexity index is 484. The molecule has 2 rings (SSSR count). The van der Waals surface area contributed by atoms with Crippen LogP contribution in [0.5, 0.6) is 0 Å². The molecule has 0 saturated heterocycles. The molecule has 0 fully saturated rings. The molecule has 0 radical (unpaired) electrons. The Morgan fingerprint density at radius 3 is 3.05 bits per heavy atom. The smallest absolute Gasteiger partial charge is 0.137 e. The largest absolute Gasteiger partial charge is 0.385 e. The molecule has 102 valence electrons. The number of anilines is 1. The highest BCUT2D eigenvalue weighted by Crippen LogP contribution is 2.13. The van der Waals surface area contributed by atoms with Crippen molar-refractivity contribution in [3.63, 3.8) is 0 Å². The summed E-state index contributed by atoms with van der Waals surface area (Å²) in [5.74, 6) is 0. The Balaban J connectivity index is 1.95. The Kier molecular flexibility index (Phi) is 4.92. The van der Waals surface area contributed by atoms with Crippen molar-refractivity contribution < 1.29 is 4.74 Å². The third-order valence-corrected chi connectivity index (χ3v) is 2.91. The van der Waals surface area contributed by atoms with E-state index in [1.54, 1.807) is 19.8 Å². The van der Waals surface area contributed by atoms with Crippen molar-refractivity contribution in [3.8, 4) is 0 Å². The molecular weight excluding hydrogens is 240 g/mol. The zero-order valence-electron chi connectivity index (χ0n) is 11.4. The van der Waals surface area contributed by atoms with Gasteiger partial charge in [-0.1, -0.05) is 12.1 Å². The molecule has 5 nitrogen and oxygen atoms in total. The standard InChI is InChI=1S/C14H20N4O/c1-12(6-7-19-2)17-14-5-3-4-13(8-14)9-18-11-15-10-16-18/h3-5,8,10-12,17H,6-7,9H2,1-2H3. The number of methoxy groups -OCH3 is 1. The van der Waals surface area contributed by atoms with E-state index in [-0.39, 0.29) is 0 Å². The average molecular weight is 260 g/mol. The van der Waals surface area contributed by atoms with Crippen LogP contribution in [-0.4, -0.2) is 34.5 Å². The monoisotopic (exact) mass is 260 g/mol. The highest BCUT2D eigenvalue weighted by molar-refractivity contribution is 5.46. The molecule has 1 aromatic carbocycles. The van der Waals surface area contributed by atoms with Gasteiger partial charge in [-0.15, -0.1) is 0 Å². The van der Waals surface area contributed by atoms with Crippen LogP contribution in [-0.2, 0) is 11.3 Å². The number of hydrogen-bond acceptors (Lipinski definition) is 4. The molecule has 0 amide bonds. The Morgan fingerprint density at radius 2 is 2.32 bits per heavy atom. The Hall–Kier alpha value is -1.88. The summed E-state index contributed by atoms with van der Waals surface area (Å²) in [6.45, 7) is 3.66. The van der Waals surface area contributed by atoms with E-state index >= 15 is 0 Å². The van der Waals surface area contributed by atoms with Crippen LogP contribution in [0.1, 0.15) is 18.9 Å². The molecule has 1 unspecified atom stereocenters. The lowest BCUT2D eigenvalue weighted by atomic mass is 10.1. The summed E-state index contributed by atoms with van der Waals surface area (Å²) in [6, 6.07) is 8.75. The van der Waals surface area contributed by atoms with Gasteiger partial charge in [-0.25, -0.2) is 9.67 Å². The number of benzene rings is 1. The van der Waals surface area contributed by atoms with Gasteiger partial charge in [0, 0.05) is 25.4 Å². The van der Waals surface area contributed by atoms with Gasteiger partial charge in [0.15, 0.2) is 0 Å². The molecular formula is C14H20N4O. The molecule has 0 aliphatic carbocycles. The molecule has 0 saturated carbocycles. The van der Waals surface area contributed by atoms with Gasteiger partial charge in [-0.3, -0.25) is 0 Å².